The van der Waals surface area contributed by atoms with Gasteiger partial charge in [-0.3, -0.25) is 5.01 Å². The lowest BCUT2D eigenvalue weighted by atomic mass is 10.0. The van der Waals surface area contributed by atoms with Crippen LogP contribution in [0.25, 0.3) is 0 Å². The summed E-state index contributed by atoms with van der Waals surface area (Å²) in [6, 6.07) is 2.80. The fourth-order valence-corrected chi connectivity index (χ4v) is 2.85. The van der Waals surface area contributed by atoms with Gasteiger partial charge in [0.05, 0.1) is 17.0 Å². The summed E-state index contributed by atoms with van der Waals surface area (Å²) < 4.78 is 53.6. The lowest BCUT2D eigenvalue weighted by molar-refractivity contribution is -0.0949. The van der Waals surface area contributed by atoms with Crippen LogP contribution in [-0.2, 0) is 0 Å². The van der Waals surface area contributed by atoms with E-state index in [0.29, 0.717) is 12.1 Å². The fourth-order valence-electron chi connectivity index (χ4n) is 2.85. The van der Waals surface area contributed by atoms with Crippen molar-refractivity contribution in [2.24, 2.45) is 11.6 Å². The molecule has 0 spiro atoms. The number of rotatable bonds is 7. The standard InChI is InChI=1S/C20H25F4N5O/c1-2-3-6-13(25)12-29(26)18-10-9-14(11-16(18)21)27-19(30)28-17-8-5-4-7-15(17)20(22,23)24/h5,8-12H,2-4,6-7,25-26H2,1H3,(H2,27,28,30)/b13-12-. The molecule has 1 aliphatic rings. The number of benzene rings is 1. The van der Waals surface area contributed by atoms with Gasteiger partial charge in [-0.05, 0) is 50.0 Å². The van der Waals surface area contributed by atoms with E-state index in [4.69, 9.17) is 11.6 Å². The average Bonchev–Trinajstić information content (AvgIpc) is 2.65. The molecule has 1 aromatic rings. The molecule has 0 unspecified atom stereocenters. The summed E-state index contributed by atoms with van der Waals surface area (Å²) in [5.74, 6) is 5.08. The van der Waals surface area contributed by atoms with Crippen molar-refractivity contribution in [2.75, 3.05) is 10.3 Å². The molecular weight excluding hydrogens is 402 g/mol. The highest BCUT2D eigenvalue weighted by atomic mass is 19.4. The number of hydrazine groups is 1. The molecule has 1 aliphatic carbocycles. The number of anilines is 2. The molecule has 0 heterocycles. The van der Waals surface area contributed by atoms with Crippen LogP contribution in [0.5, 0.6) is 0 Å². The van der Waals surface area contributed by atoms with Gasteiger partial charge < -0.3 is 16.4 Å². The molecule has 1 aromatic carbocycles. The topological polar surface area (TPSA) is 96.4 Å². The van der Waals surface area contributed by atoms with Crippen molar-refractivity contribution in [1.82, 2.24) is 5.32 Å². The Hall–Kier alpha value is -3.01. The predicted octanol–water partition coefficient (Wildman–Crippen LogP) is 4.78. The Morgan fingerprint density at radius 1 is 1.30 bits per heavy atom. The zero-order chi connectivity index (χ0) is 22.3. The second-order valence-corrected chi connectivity index (χ2v) is 6.79. The zero-order valence-electron chi connectivity index (χ0n) is 16.5. The summed E-state index contributed by atoms with van der Waals surface area (Å²) in [7, 11) is 0. The summed E-state index contributed by atoms with van der Waals surface area (Å²) in [6.07, 6.45) is 2.07. The van der Waals surface area contributed by atoms with E-state index >= 15 is 0 Å². The van der Waals surface area contributed by atoms with Crippen LogP contribution in [0.2, 0.25) is 0 Å². The minimum atomic E-state index is -4.54. The number of urea groups is 1. The third-order valence-corrected chi connectivity index (χ3v) is 4.37. The molecular formula is C20H25F4N5O. The molecule has 164 valence electrons. The van der Waals surface area contributed by atoms with Crippen LogP contribution in [0.15, 0.2) is 53.5 Å². The minimum absolute atomic E-state index is 0.0256. The number of allylic oxidation sites excluding steroid dienone is 4. The second-order valence-electron chi connectivity index (χ2n) is 6.79. The number of carbonyl (C=O) groups is 1. The Morgan fingerprint density at radius 2 is 2.03 bits per heavy atom. The maximum atomic E-state index is 14.4. The Morgan fingerprint density at radius 3 is 2.67 bits per heavy atom. The van der Waals surface area contributed by atoms with E-state index in [1.165, 1.54) is 30.5 Å². The molecule has 0 aromatic heterocycles. The highest BCUT2D eigenvalue weighted by Crippen LogP contribution is 2.33. The molecule has 0 fully saturated rings. The number of nitrogens with zero attached hydrogens (tertiary/aromatic N) is 1. The van der Waals surface area contributed by atoms with Crippen LogP contribution in [0.1, 0.15) is 39.0 Å². The predicted molar refractivity (Wildman–Crippen MR) is 108 cm³/mol. The van der Waals surface area contributed by atoms with Crippen LogP contribution >= 0.6 is 0 Å². The van der Waals surface area contributed by atoms with Crippen LogP contribution in [0, 0.1) is 5.82 Å². The molecule has 6 N–H and O–H groups in total. The molecule has 0 saturated heterocycles. The molecule has 10 heteroatoms. The van der Waals surface area contributed by atoms with E-state index in [-0.39, 0.29) is 29.9 Å². The van der Waals surface area contributed by atoms with Crippen molar-refractivity contribution >= 4 is 17.4 Å². The lowest BCUT2D eigenvalue weighted by Crippen LogP contribution is -2.31. The Bertz CT molecular complexity index is 861. The SMILES string of the molecule is CCCC/C(N)=C/N(N)c1ccc(NC(=O)NC2=C(C(F)(F)F)CCC=C2)cc1F. The van der Waals surface area contributed by atoms with Gasteiger partial charge >= 0.3 is 12.2 Å². The number of halogens is 4. The number of hydrogen-bond donors (Lipinski definition) is 4. The van der Waals surface area contributed by atoms with Crippen molar-refractivity contribution in [3.05, 3.63) is 59.3 Å². The van der Waals surface area contributed by atoms with Crippen LogP contribution in [-0.4, -0.2) is 12.2 Å². The third kappa shape index (κ3) is 6.51. The molecule has 0 radical (unpaired) electrons. The molecule has 6 nitrogen and oxygen atoms in total. The van der Waals surface area contributed by atoms with E-state index in [0.717, 1.165) is 23.9 Å². The van der Waals surface area contributed by atoms with E-state index < -0.39 is 23.6 Å². The third-order valence-electron chi connectivity index (χ3n) is 4.37. The average molecular weight is 427 g/mol. The monoisotopic (exact) mass is 427 g/mol. The zero-order valence-corrected chi connectivity index (χ0v) is 16.5. The van der Waals surface area contributed by atoms with Crippen molar-refractivity contribution in [1.29, 1.82) is 0 Å². The summed E-state index contributed by atoms with van der Waals surface area (Å²) >= 11 is 0. The maximum Gasteiger partial charge on any atom is 0.414 e. The first-order valence-corrected chi connectivity index (χ1v) is 9.46. The first-order valence-electron chi connectivity index (χ1n) is 9.46. The van der Waals surface area contributed by atoms with Gasteiger partial charge in [0.25, 0.3) is 0 Å². The smallest absolute Gasteiger partial charge is 0.401 e. The van der Waals surface area contributed by atoms with E-state index in [1.807, 2.05) is 6.92 Å². The van der Waals surface area contributed by atoms with Gasteiger partial charge in [0, 0.05) is 17.6 Å². The van der Waals surface area contributed by atoms with Crippen molar-refractivity contribution in [3.8, 4) is 0 Å². The number of alkyl halides is 3. The van der Waals surface area contributed by atoms with Gasteiger partial charge in [0.15, 0.2) is 0 Å². The quantitative estimate of drug-likeness (QED) is 0.286. The molecule has 0 saturated carbocycles. The number of carbonyl (C=O) groups excluding carboxylic acids is 1. The number of nitrogens with one attached hydrogen (secondary N) is 2. The van der Waals surface area contributed by atoms with Gasteiger partial charge in [-0.2, -0.15) is 13.2 Å². The highest BCUT2D eigenvalue weighted by Gasteiger charge is 2.36. The van der Waals surface area contributed by atoms with Crippen molar-refractivity contribution < 1.29 is 22.4 Å². The Balaban J connectivity index is 2.07. The van der Waals surface area contributed by atoms with Crippen molar-refractivity contribution in [3.63, 3.8) is 0 Å². The fraction of sp³-hybridized carbons (Fsp3) is 0.350. The Kier molecular flexibility index (Phi) is 7.87. The minimum Gasteiger partial charge on any atom is -0.401 e. The summed E-state index contributed by atoms with van der Waals surface area (Å²) in [4.78, 5) is 12.1. The van der Waals surface area contributed by atoms with Gasteiger partial charge in [0.1, 0.15) is 5.82 Å². The molecule has 2 rings (SSSR count). The van der Waals surface area contributed by atoms with Gasteiger partial charge in [-0.1, -0.05) is 19.4 Å². The highest BCUT2D eigenvalue weighted by molar-refractivity contribution is 5.91. The lowest BCUT2D eigenvalue weighted by Gasteiger charge is -2.20. The number of nitrogens with two attached hydrogens (primary N) is 2. The van der Waals surface area contributed by atoms with Gasteiger partial charge in [-0.25, -0.2) is 15.0 Å². The molecule has 2 amide bonds. The van der Waals surface area contributed by atoms with Gasteiger partial charge in [-0.15, -0.1) is 0 Å². The number of unbranched alkanes of at least 4 members (excludes halogenated alkanes) is 1. The Labute approximate surface area is 172 Å². The summed E-state index contributed by atoms with van der Waals surface area (Å²) in [5.41, 5.74) is 5.27. The molecule has 30 heavy (non-hydrogen) atoms. The van der Waals surface area contributed by atoms with Crippen molar-refractivity contribution in [2.45, 2.75) is 45.2 Å². The van der Waals surface area contributed by atoms with E-state index in [1.54, 1.807) is 0 Å². The summed E-state index contributed by atoms with van der Waals surface area (Å²) in [6.45, 7) is 2.01. The maximum absolute atomic E-state index is 14.4. The second kappa shape index (κ2) is 10.1. The first kappa shape index (κ1) is 23.3. The van der Waals surface area contributed by atoms with E-state index in [2.05, 4.69) is 10.6 Å². The molecule has 0 bridgehead atoms. The number of hydrogen-bond acceptors (Lipinski definition) is 4. The number of amides is 2. The molecule has 0 aliphatic heterocycles. The normalized spacial score (nSPS) is 14.7. The largest absolute Gasteiger partial charge is 0.414 e. The summed E-state index contributed by atoms with van der Waals surface area (Å²) in [5, 5.41) is 5.52. The van der Waals surface area contributed by atoms with E-state index in [9.17, 15) is 22.4 Å². The van der Waals surface area contributed by atoms with Gasteiger partial charge in [0.2, 0.25) is 0 Å². The van der Waals surface area contributed by atoms with Crippen LogP contribution in [0.3, 0.4) is 0 Å². The molecule has 0 atom stereocenters. The van der Waals surface area contributed by atoms with Crippen LogP contribution in [0.4, 0.5) is 33.7 Å². The first-order chi connectivity index (χ1) is 14.1. The van der Waals surface area contributed by atoms with Crippen LogP contribution < -0.4 is 27.2 Å².